The maximum atomic E-state index is 5.98. The molecule has 0 aliphatic carbocycles. The van der Waals surface area contributed by atoms with E-state index in [0.29, 0.717) is 0 Å². The van der Waals surface area contributed by atoms with Crippen molar-refractivity contribution in [3.05, 3.63) is 48.0 Å². The lowest BCUT2D eigenvalue weighted by atomic mass is 10.0. The summed E-state index contributed by atoms with van der Waals surface area (Å²) in [6, 6.07) is 14.3. The molecule has 3 nitrogen and oxygen atoms in total. The molecule has 0 aliphatic rings. The second-order valence-corrected chi connectivity index (χ2v) is 4.53. The number of aromatic nitrogens is 2. The van der Waals surface area contributed by atoms with Gasteiger partial charge in [-0.25, -0.2) is 0 Å². The number of hydrogen-bond donors (Lipinski definition) is 1. The Kier molecular flexibility index (Phi) is 2.33. The lowest BCUT2D eigenvalue weighted by Crippen LogP contribution is -1.95. The molecule has 0 saturated heterocycles. The van der Waals surface area contributed by atoms with Crippen molar-refractivity contribution in [2.24, 2.45) is 7.05 Å². The molecular weight excluding hydrogens is 222 g/mol. The third-order valence-electron chi connectivity index (χ3n) is 3.30. The number of anilines is 1. The van der Waals surface area contributed by atoms with E-state index < -0.39 is 0 Å². The van der Waals surface area contributed by atoms with E-state index in [4.69, 9.17) is 5.73 Å². The Labute approximate surface area is 106 Å². The number of fused-ring (bicyclic) bond motifs is 1. The summed E-state index contributed by atoms with van der Waals surface area (Å²) in [6.45, 7) is 2.11. The van der Waals surface area contributed by atoms with Gasteiger partial charge in [0.1, 0.15) is 5.52 Å². The van der Waals surface area contributed by atoms with Crippen LogP contribution < -0.4 is 5.73 Å². The van der Waals surface area contributed by atoms with Crippen molar-refractivity contribution in [1.82, 2.24) is 9.78 Å². The minimum Gasteiger partial charge on any atom is -0.397 e. The van der Waals surface area contributed by atoms with Crippen LogP contribution in [-0.4, -0.2) is 9.78 Å². The van der Waals surface area contributed by atoms with Crippen LogP contribution in [0.15, 0.2) is 42.5 Å². The number of hydrogen-bond acceptors (Lipinski definition) is 2. The zero-order chi connectivity index (χ0) is 12.7. The van der Waals surface area contributed by atoms with Crippen LogP contribution in [-0.2, 0) is 7.05 Å². The van der Waals surface area contributed by atoms with Gasteiger partial charge in [-0.1, -0.05) is 36.4 Å². The Balaban J connectivity index is 2.40. The second kappa shape index (κ2) is 3.88. The SMILES string of the molecule is Cc1ccccc1-c1c2cccc(N)c2nn1C. The van der Waals surface area contributed by atoms with Crippen LogP contribution in [0.25, 0.3) is 22.2 Å². The first kappa shape index (κ1) is 10.8. The van der Waals surface area contributed by atoms with Gasteiger partial charge in [-0.2, -0.15) is 5.10 Å². The summed E-state index contributed by atoms with van der Waals surface area (Å²) in [6.07, 6.45) is 0. The van der Waals surface area contributed by atoms with Gasteiger partial charge in [0, 0.05) is 18.0 Å². The van der Waals surface area contributed by atoms with Crippen LogP contribution in [0.4, 0.5) is 5.69 Å². The van der Waals surface area contributed by atoms with E-state index in [0.717, 1.165) is 22.3 Å². The fourth-order valence-corrected chi connectivity index (χ4v) is 2.40. The van der Waals surface area contributed by atoms with Crippen molar-refractivity contribution in [2.75, 3.05) is 5.73 Å². The summed E-state index contributed by atoms with van der Waals surface area (Å²) in [4.78, 5) is 0. The summed E-state index contributed by atoms with van der Waals surface area (Å²) >= 11 is 0. The van der Waals surface area contributed by atoms with Crippen molar-refractivity contribution < 1.29 is 0 Å². The third-order valence-corrected chi connectivity index (χ3v) is 3.30. The molecule has 0 aliphatic heterocycles. The zero-order valence-corrected chi connectivity index (χ0v) is 10.5. The molecular formula is C15H15N3. The van der Waals surface area contributed by atoms with Gasteiger partial charge in [0.15, 0.2) is 0 Å². The fraction of sp³-hybridized carbons (Fsp3) is 0.133. The normalized spacial score (nSPS) is 11.0. The maximum absolute atomic E-state index is 5.98. The molecule has 1 aromatic heterocycles. The van der Waals surface area contributed by atoms with Crippen LogP contribution in [0.2, 0.25) is 0 Å². The molecule has 90 valence electrons. The summed E-state index contributed by atoms with van der Waals surface area (Å²) in [7, 11) is 1.96. The first-order valence-corrected chi connectivity index (χ1v) is 5.95. The highest BCUT2D eigenvalue weighted by Gasteiger charge is 2.13. The Morgan fingerprint density at radius 2 is 1.83 bits per heavy atom. The highest BCUT2D eigenvalue weighted by molar-refractivity contribution is 5.99. The van der Waals surface area contributed by atoms with Gasteiger partial charge in [-0.15, -0.1) is 0 Å². The van der Waals surface area contributed by atoms with Crippen LogP contribution in [0.1, 0.15) is 5.56 Å². The Bertz CT molecular complexity index is 726. The average molecular weight is 237 g/mol. The summed E-state index contributed by atoms with van der Waals surface area (Å²) in [5, 5.41) is 5.63. The smallest absolute Gasteiger partial charge is 0.116 e. The lowest BCUT2D eigenvalue weighted by molar-refractivity contribution is 0.788. The van der Waals surface area contributed by atoms with Crippen molar-refractivity contribution in [3.63, 3.8) is 0 Å². The molecule has 0 bridgehead atoms. The van der Waals surface area contributed by atoms with Gasteiger partial charge in [-0.05, 0) is 18.6 Å². The van der Waals surface area contributed by atoms with Crippen molar-refractivity contribution in [1.29, 1.82) is 0 Å². The van der Waals surface area contributed by atoms with E-state index in [-0.39, 0.29) is 0 Å². The van der Waals surface area contributed by atoms with E-state index in [1.165, 1.54) is 11.1 Å². The molecule has 2 N–H and O–H groups in total. The topological polar surface area (TPSA) is 43.8 Å². The summed E-state index contributed by atoms with van der Waals surface area (Å²) < 4.78 is 1.91. The molecule has 0 fully saturated rings. The molecule has 0 amide bonds. The zero-order valence-electron chi connectivity index (χ0n) is 10.5. The number of nitrogen functional groups attached to an aromatic ring is 1. The van der Waals surface area contributed by atoms with Gasteiger partial charge in [-0.3, -0.25) is 4.68 Å². The molecule has 2 aromatic carbocycles. The minimum atomic E-state index is 0.725. The molecule has 0 radical (unpaired) electrons. The number of aryl methyl sites for hydroxylation is 2. The van der Waals surface area contributed by atoms with Gasteiger partial charge < -0.3 is 5.73 Å². The predicted octanol–water partition coefficient (Wildman–Crippen LogP) is 3.13. The highest BCUT2D eigenvalue weighted by Crippen LogP contribution is 2.32. The molecule has 0 unspecified atom stereocenters. The second-order valence-electron chi connectivity index (χ2n) is 4.53. The summed E-state index contributed by atoms with van der Waals surface area (Å²) in [5.41, 5.74) is 11.1. The number of rotatable bonds is 1. The quantitative estimate of drug-likeness (QED) is 0.661. The molecule has 1 heterocycles. The van der Waals surface area contributed by atoms with Crippen LogP contribution >= 0.6 is 0 Å². The fourth-order valence-electron chi connectivity index (χ4n) is 2.40. The van der Waals surface area contributed by atoms with Crippen molar-refractivity contribution in [2.45, 2.75) is 6.92 Å². The molecule has 0 spiro atoms. The van der Waals surface area contributed by atoms with Gasteiger partial charge >= 0.3 is 0 Å². The highest BCUT2D eigenvalue weighted by atomic mass is 15.3. The lowest BCUT2D eigenvalue weighted by Gasteiger charge is -2.06. The number of nitrogens with zero attached hydrogens (tertiary/aromatic N) is 2. The molecule has 18 heavy (non-hydrogen) atoms. The van der Waals surface area contributed by atoms with E-state index in [1.54, 1.807) is 0 Å². The van der Waals surface area contributed by atoms with Crippen LogP contribution in [0, 0.1) is 6.92 Å². The Hall–Kier alpha value is -2.29. The average Bonchev–Trinajstić information content (AvgIpc) is 2.68. The Morgan fingerprint density at radius 1 is 1.06 bits per heavy atom. The number of nitrogens with two attached hydrogens (primary N) is 1. The van der Waals surface area contributed by atoms with Gasteiger partial charge in [0.2, 0.25) is 0 Å². The molecule has 0 atom stereocenters. The van der Waals surface area contributed by atoms with Crippen molar-refractivity contribution in [3.8, 4) is 11.3 Å². The predicted molar refractivity (Wildman–Crippen MR) is 75.3 cm³/mol. The third kappa shape index (κ3) is 1.48. The largest absolute Gasteiger partial charge is 0.397 e. The monoisotopic (exact) mass is 237 g/mol. The standard InChI is InChI=1S/C15H15N3/c1-10-6-3-4-7-11(10)15-12-8-5-9-13(16)14(12)17-18(15)2/h3-9H,16H2,1-2H3. The Morgan fingerprint density at radius 3 is 2.61 bits per heavy atom. The molecule has 0 saturated carbocycles. The van der Waals surface area contributed by atoms with Crippen LogP contribution in [0.3, 0.4) is 0 Å². The van der Waals surface area contributed by atoms with Crippen LogP contribution in [0.5, 0.6) is 0 Å². The first-order valence-electron chi connectivity index (χ1n) is 5.95. The molecule has 3 heteroatoms. The van der Waals surface area contributed by atoms with E-state index >= 15 is 0 Å². The van der Waals surface area contributed by atoms with Crippen molar-refractivity contribution >= 4 is 16.6 Å². The number of benzene rings is 2. The van der Waals surface area contributed by atoms with E-state index in [9.17, 15) is 0 Å². The first-order chi connectivity index (χ1) is 8.68. The van der Waals surface area contributed by atoms with E-state index in [2.05, 4.69) is 30.2 Å². The maximum Gasteiger partial charge on any atom is 0.116 e. The van der Waals surface area contributed by atoms with E-state index in [1.807, 2.05) is 36.0 Å². The van der Waals surface area contributed by atoms with Gasteiger partial charge in [0.05, 0.1) is 11.4 Å². The molecule has 3 rings (SSSR count). The summed E-state index contributed by atoms with van der Waals surface area (Å²) in [5.74, 6) is 0. The molecule has 3 aromatic rings. The minimum absolute atomic E-state index is 0.725. The van der Waals surface area contributed by atoms with Gasteiger partial charge in [0.25, 0.3) is 0 Å².